The first kappa shape index (κ1) is 17.6. The monoisotopic (exact) mass is 375 g/mol. The molecule has 0 radical (unpaired) electrons. The van der Waals surface area contributed by atoms with Gasteiger partial charge in [-0.05, 0) is 25.0 Å². The molecule has 1 aromatic heterocycles. The molecule has 0 spiro atoms. The fraction of sp³-hybridized carbons (Fsp3) is 0.444. The van der Waals surface area contributed by atoms with Gasteiger partial charge in [-0.15, -0.1) is 10.2 Å². The molecular weight excluding hydrogens is 356 g/mol. The maximum Gasteiger partial charge on any atom is 0.227 e. The van der Waals surface area contributed by atoms with Crippen molar-refractivity contribution in [3.63, 3.8) is 0 Å². The SMILES string of the molecule is O=C(NCc1nnc2n1CCCC2)C1CC(=O)N(c2ccc(F)cc2F)C1. The van der Waals surface area contributed by atoms with Gasteiger partial charge in [0.1, 0.15) is 17.5 Å². The summed E-state index contributed by atoms with van der Waals surface area (Å²) in [6, 6.07) is 3.03. The molecule has 142 valence electrons. The summed E-state index contributed by atoms with van der Waals surface area (Å²) >= 11 is 0. The van der Waals surface area contributed by atoms with Gasteiger partial charge < -0.3 is 14.8 Å². The van der Waals surface area contributed by atoms with Crippen LogP contribution in [0.1, 0.15) is 30.9 Å². The molecule has 1 N–H and O–H groups in total. The Morgan fingerprint density at radius 3 is 2.93 bits per heavy atom. The van der Waals surface area contributed by atoms with Crippen LogP contribution in [-0.2, 0) is 29.1 Å². The largest absolute Gasteiger partial charge is 0.348 e. The summed E-state index contributed by atoms with van der Waals surface area (Å²) in [5, 5.41) is 11.1. The number of fused-ring (bicyclic) bond motifs is 1. The summed E-state index contributed by atoms with van der Waals surface area (Å²) < 4.78 is 29.0. The summed E-state index contributed by atoms with van der Waals surface area (Å²) in [7, 11) is 0. The Labute approximate surface area is 154 Å². The van der Waals surface area contributed by atoms with Crippen LogP contribution >= 0.6 is 0 Å². The van der Waals surface area contributed by atoms with Crippen LogP contribution in [0.15, 0.2) is 18.2 Å². The maximum absolute atomic E-state index is 13.9. The van der Waals surface area contributed by atoms with Crippen LogP contribution < -0.4 is 10.2 Å². The van der Waals surface area contributed by atoms with Crippen molar-refractivity contribution in [2.75, 3.05) is 11.4 Å². The van der Waals surface area contributed by atoms with Crippen LogP contribution in [-0.4, -0.2) is 33.1 Å². The zero-order valence-electron chi connectivity index (χ0n) is 14.6. The first-order valence-electron chi connectivity index (χ1n) is 8.97. The van der Waals surface area contributed by atoms with Crippen molar-refractivity contribution in [1.82, 2.24) is 20.1 Å². The van der Waals surface area contributed by atoms with Crippen molar-refractivity contribution in [3.8, 4) is 0 Å². The van der Waals surface area contributed by atoms with Gasteiger partial charge in [0.2, 0.25) is 11.8 Å². The van der Waals surface area contributed by atoms with Gasteiger partial charge in [-0.25, -0.2) is 8.78 Å². The summed E-state index contributed by atoms with van der Waals surface area (Å²) in [5.41, 5.74) is -0.0109. The lowest BCUT2D eigenvalue weighted by atomic mass is 10.1. The average molecular weight is 375 g/mol. The van der Waals surface area contributed by atoms with Gasteiger partial charge >= 0.3 is 0 Å². The van der Waals surface area contributed by atoms with E-state index in [0.717, 1.165) is 43.8 Å². The molecule has 0 bridgehead atoms. The van der Waals surface area contributed by atoms with Gasteiger partial charge in [0.15, 0.2) is 5.82 Å². The number of hydrogen-bond donors (Lipinski definition) is 1. The number of hydrogen-bond acceptors (Lipinski definition) is 4. The van der Waals surface area contributed by atoms with Crippen LogP contribution in [0.2, 0.25) is 0 Å². The molecule has 2 aliphatic heterocycles. The highest BCUT2D eigenvalue weighted by atomic mass is 19.1. The molecule has 27 heavy (non-hydrogen) atoms. The summed E-state index contributed by atoms with van der Waals surface area (Å²) in [5.74, 6) is -1.15. The van der Waals surface area contributed by atoms with E-state index >= 15 is 0 Å². The zero-order chi connectivity index (χ0) is 19.0. The number of rotatable bonds is 4. The number of carbonyl (C=O) groups excluding carboxylic acids is 2. The quantitative estimate of drug-likeness (QED) is 0.880. The van der Waals surface area contributed by atoms with E-state index in [9.17, 15) is 18.4 Å². The summed E-state index contributed by atoms with van der Waals surface area (Å²) in [6.07, 6.45) is 3.02. The van der Waals surface area contributed by atoms with E-state index in [1.807, 2.05) is 4.57 Å². The van der Waals surface area contributed by atoms with Crippen LogP contribution in [0.5, 0.6) is 0 Å². The standard InChI is InChI=1S/C18H19F2N5O2/c19-12-4-5-14(13(20)8-12)25-10-11(7-17(25)26)18(27)21-9-16-23-22-15-3-1-2-6-24(15)16/h4-5,8,11H,1-3,6-7,9-10H2,(H,21,27). The third-order valence-corrected chi connectivity index (χ3v) is 5.05. The van der Waals surface area contributed by atoms with Gasteiger partial charge in [-0.1, -0.05) is 0 Å². The lowest BCUT2D eigenvalue weighted by Crippen LogP contribution is -2.33. The van der Waals surface area contributed by atoms with Crippen molar-refractivity contribution in [2.24, 2.45) is 5.92 Å². The molecule has 0 saturated carbocycles. The van der Waals surface area contributed by atoms with E-state index in [2.05, 4.69) is 15.5 Å². The normalized spacial score (nSPS) is 19.3. The van der Waals surface area contributed by atoms with Crippen molar-refractivity contribution < 1.29 is 18.4 Å². The van der Waals surface area contributed by atoms with E-state index < -0.39 is 17.6 Å². The number of carbonyl (C=O) groups is 2. The molecule has 1 fully saturated rings. The molecular formula is C18H19F2N5O2. The molecule has 2 aromatic rings. The van der Waals surface area contributed by atoms with Crippen LogP contribution in [0.25, 0.3) is 0 Å². The highest BCUT2D eigenvalue weighted by Crippen LogP contribution is 2.28. The Morgan fingerprint density at radius 2 is 2.11 bits per heavy atom. The van der Waals surface area contributed by atoms with Crippen molar-refractivity contribution >= 4 is 17.5 Å². The van der Waals surface area contributed by atoms with Gasteiger partial charge in [0, 0.05) is 32.0 Å². The molecule has 1 aromatic carbocycles. The number of benzene rings is 1. The minimum Gasteiger partial charge on any atom is -0.348 e. The first-order valence-corrected chi connectivity index (χ1v) is 8.97. The lowest BCUT2D eigenvalue weighted by Gasteiger charge is -2.18. The number of aromatic nitrogens is 3. The molecule has 0 aliphatic carbocycles. The fourth-order valence-corrected chi connectivity index (χ4v) is 3.63. The molecule has 1 saturated heterocycles. The lowest BCUT2D eigenvalue weighted by molar-refractivity contribution is -0.126. The van der Waals surface area contributed by atoms with E-state index in [-0.39, 0.29) is 37.0 Å². The fourth-order valence-electron chi connectivity index (χ4n) is 3.63. The number of amides is 2. The number of aryl methyl sites for hydroxylation is 1. The molecule has 4 rings (SSSR count). The predicted octanol–water partition coefficient (Wildman–Crippen LogP) is 1.56. The predicted molar refractivity (Wildman–Crippen MR) is 91.6 cm³/mol. The third-order valence-electron chi connectivity index (χ3n) is 5.05. The van der Waals surface area contributed by atoms with Crippen LogP contribution in [0.3, 0.4) is 0 Å². The number of halogens is 2. The van der Waals surface area contributed by atoms with E-state index in [0.29, 0.717) is 5.82 Å². The van der Waals surface area contributed by atoms with E-state index in [1.165, 1.54) is 11.0 Å². The van der Waals surface area contributed by atoms with Crippen molar-refractivity contribution in [2.45, 2.75) is 38.8 Å². The molecule has 3 heterocycles. The Hall–Kier alpha value is -2.84. The molecule has 1 unspecified atom stereocenters. The Balaban J connectivity index is 1.40. The number of nitrogens with one attached hydrogen (secondary N) is 1. The molecule has 7 nitrogen and oxygen atoms in total. The van der Waals surface area contributed by atoms with Crippen LogP contribution in [0.4, 0.5) is 14.5 Å². The average Bonchev–Trinajstić information content (AvgIpc) is 3.24. The van der Waals surface area contributed by atoms with Crippen molar-refractivity contribution in [1.29, 1.82) is 0 Å². The maximum atomic E-state index is 13.9. The van der Waals surface area contributed by atoms with E-state index in [4.69, 9.17) is 0 Å². The van der Waals surface area contributed by atoms with Gasteiger partial charge in [0.25, 0.3) is 0 Å². The molecule has 9 heteroatoms. The molecule has 2 amide bonds. The number of anilines is 1. The van der Waals surface area contributed by atoms with Crippen molar-refractivity contribution in [3.05, 3.63) is 41.5 Å². The van der Waals surface area contributed by atoms with Gasteiger partial charge in [-0.3, -0.25) is 9.59 Å². The molecule has 1 atom stereocenters. The minimum atomic E-state index is -0.820. The van der Waals surface area contributed by atoms with Gasteiger partial charge in [0.05, 0.1) is 18.2 Å². The zero-order valence-corrected chi connectivity index (χ0v) is 14.6. The molecule has 2 aliphatic rings. The second kappa shape index (κ2) is 7.05. The second-order valence-electron chi connectivity index (χ2n) is 6.86. The third kappa shape index (κ3) is 3.41. The summed E-state index contributed by atoms with van der Waals surface area (Å²) in [6.45, 7) is 1.14. The Kier molecular flexibility index (Phi) is 4.59. The summed E-state index contributed by atoms with van der Waals surface area (Å²) in [4.78, 5) is 25.9. The highest BCUT2D eigenvalue weighted by molar-refractivity contribution is 6.00. The smallest absolute Gasteiger partial charge is 0.227 e. The highest BCUT2D eigenvalue weighted by Gasteiger charge is 2.36. The topological polar surface area (TPSA) is 80.1 Å². The van der Waals surface area contributed by atoms with Crippen LogP contribution in [0, 0.1) is 17.6 Å². The second-order valence-corrected chi connectivity index (χ2v) is 6.86. The number of nitrogens with zero attached hydrogens (tertiary/aromatic N) is 4. The first-order chi connectivity index (χ1) is 13.0. The Bertz CT molecular complexity index is 898. The minimum absolute atomic E-state index is 0.0109. The van der Waals surface area contributed by atoms with Gasteiger partial charge in [-0.2, -0.15) is 0 Å². The van der Waals surface area contributed by atoms with E-state index in [1.54, 1.807) is 0 Å². The Morgan fingerprint density at radius 1 is 1.26 bits per heavy atom.